The predicted octanol–water partition coefficient (Wildman–Crippen LogP) is 3.96. The molecule has 0 bridgehead atoms. The van der Waals surface area contributed by atoms with Gasteiger partial charge in [-0.2, -0.15) is 0 Å². The van der Waals surface area contributed by atoms with Crippen molar-refractivity contribution in [1.82, 2.24) is 25.1 Å². The van der Waals surface area contributed by atoms with E-state index in [1.165, 1.54) is 11.6 Å². The van der Waals surface area contributed by atoms with Crippen LogP contribution in [0.15, 0.2) is 53.5 Å². The SMILES string of the molecule is CN=C(NCCCn1c(C)nc2ccccc21)NCC(c1cccc(F)c1)N(C)C.I. The van der Waals surface area contributed by atoms with E-state index in [1.54, 1.807) is 19.2 Å². The summed E-state index contributed by atoms with van der Waals surface area (Å²) in [6.07, 6.45) is 0.947. The van der Waals surface area contributed by atoms with Crippen molar-refractivity contribution in [3.63, 3.8) is 0 Å². The molecule has 8 heteroatoms. The smallest absolute Gasteiger partial charge is 0.191 e. The molecule has 1 atom stereocenters. The molecule has 1 aromatic heterocycles. The van der Waals surface area contributed by atoms with Crippen molar-refractivity contribution in [1.29, 1.82) is 0 Å². The molecule has 0 aliphatic rings. The van der Waals surface area contributed by atoms with Gasteiger partial charge in [0.1, 0.15) is 11.6 Å². The van der Waals surface area contributed by atoms with Gasteiger partial charge in [0.05, 0.1) is 17.1 Å². The largest absolute Gasteiger partial charge is 0.356 e. The Morgan fingerprint density at radius 3 is 2.65 bits per heavy atom. The van der Waals surface area contributed by atoms with E-state index in [-0.39, 0.29) is 35.8 Å². The molecule has 0 saturated heterocycles. The van der Waals surface area contributed by atoms with Gasteiger partial charge in [0.15, 0.2) is 5.96 Å². The van der Waals surface area contributed by atoms with Crippen LogP contribution >= 0.6 is 24.0 Å². The summed E-state index contributed by atoms with van der Waals surface area (Å²) < 4.78 is 15.9. The summed E-state index contributed by atoms with van der Waals surface area (Å²) >= 11 is 0. The highest BCUT2D eigenvalue weighted by atomic mass is 127. The van der Waals surface area contributed by atoms with Crippen LogP contribution in [0.2, 0.25) is 0 Å². The number of rotatable bonds is 8. The van der Waals surface area contributed by atoms with E-state index in [0.29, 0.717) is 6.54 Å². The third-order valence-corrected chi connectivity index (χ3v) is 5.24. The Morgan fingerprint density at radius 1 is 1.16 bits per heavy atom. The molecule has 6 nitrogen and oxygen atoms in total. The van der Waals surface area contributed by atoms with Crippen LogP contribution in [0.4, 0.5) is 4.39 Å². The van der Waals surface area contributed by atoms with Gasteiger partial charge < -0.3 is 20.1 Å². The number of guanidine groups is 1. The number of fused-ring (bicyclic) bond motifs is 1. The van der Waals surface area contributed by atoms with E-state index in [9.17, 15) is 4.39 Å². The molecule has 0 amide bonds. The minimum absolute atomic E-state index is 0. The van der Waals surface area contributed by atoms with E-state index in [0.717, 1.165) is 42.4 Å². The summed E-state index contributed by atoms with van der Waals surface area (Å²) in [5.41, 5.74) is 3.14. The van der Waals surface area contributed by atoms with Crippen LogP contribution in [0.3, 0.4) is 0 Å². The second kappa shape index (κ2) is 12.0. The van der Waals surface area contributed by atoms with E-state index in [2.05, 4.69) is 36.1 Å². The first kappa shape index (κ1) is 25.1. The molecular formula is C23H32FIN6. The molecule has 1 unspecified atom stereocenters. The highest BCUT2D eigenvalue weighted by Crippen LogP contribution is 2.18. The lowest BCUT2D eigenvalue weighted by atomic mass is 10.1. The van der Waals surface area contributed by atoms with Crippen LogP contribution in [0.25, 0.3) is 11.0 Å². The van der Waals surface area contributed by atoms with Crippen molar-refractivity contribution in [2.75, 3.05) is 34.2 Å². The molecule has 0 aliphatic heterocycles. The Morgan fingerprint density at radius 2 is 1.94 bits per heavy atom. The number of aryl methyl sites for hydroxylation is 2. The highest BCUT2D eigenvalue weighted by Gasteiger charge is 2.15. The molecule has 3 rings (SSSR count). The molecule has 3 aromatic rings. The third-order valence-electron chi connectivity index (χ3n) is 5.24. The lowest BCUT2D eigenvalue weighted by molar-refractivity contribution is 0.297. The van der Waals surface area contributed by atoms with Crippen molar-refractivity contribution in [3.05, 3.63) is 65.7 Å². The molecule has 1 heterocycles. The Labute approximate surface area is 201 Å². The molecule has 0 aliphatic carbocycles. The first-order valence-corrected chi connectivity index (χ1v) is 10.3. The molecule has 2 aromatic carbocycles. The van der Waals surface area contributed by atoms with Gasteiger partial charge in [-0.15, -0.1) is 24.0 Å². The van der Waals surface area contributed by atoms with Crippen LogP contribution in [-0.4, -0.2) is 54.6 Å². The van der Waals surface area contributed by atoms with E-state index in [1.807, 2.05) is 45.3 Å². The molecular weight excluding hydrogens is 506 g/mol. The number of hydrogen-bond acceptors (Lipinski definition) is 3. The summed E-state index contributed by atoms with van der Waals surface area (Å²) in [6.45, 7) is 4.35. The molecule has 0 fully saturated rings. The van der Waals surface area contributed by atoms with Crippen molar-refractivity contribution in [3.8, 4) is 0 Å². The topological polar surface area (TPSA) is 57.5 Å². The molecule has 0 radical (unpaired) electrons. The Bertz CT molecular complexity index is 1000. The van der Waals surface area contributed by atoms with Crippen molar-refractivity contribution in [2.45, 2.75) is 25.9 Å². The third kappa shape index (κ3) is 6.64. The zero-order chi connectivity index (χ0) is 21.5. The monoisotopic (exact) mass is 538 g/mol. The number of aromatic nitrogens is 2. The normalized spacial score (nSPS) is 12.6. The lowest BCUT2D eigenvalue weighted by Gasteiger charge is -2.26. The predicted molar refractivity (Wildman–Crippen MR) is 137 cm³/mol. The van der Waals surface area contributed by atoms with Gasteiger partial charge in [0.2, 0.25) is 0 Å². The van der Waals surface area contributed by atoms with Crippen molar-refractivity contribution >= 4 is 41.0 Å². The number of hydrogen-bond donors (Lipinski definition) is 2. The van der Waals surface area contributed by atoms with E-state index >= 15 is 0 Å². The van der Waals surface area contributed by atoms with Gasteiger partial charge in [-0.1, -0.05) is 24.3 Å². The fraction of sp³-hybridized carbons (Fsp3) is 0.391. The zero-order valence-corrected chi connectivity index (χ0v) is 20.9. The summed E-state index contributed by atoms with van der Waals surface area (Å²) in [5, 5.41) is 6.73. The van der Waals surface area contributed by atoms with Crippen LogP contribution < -0.4 is 10.6 Å². The molecule has 31 heavy (non-hydrogen) atoms. The number of para-hydroxylation sites is 2. The number of nitrogens with one attached hydrogen (secondary N) is 2. The molecule has 2 N–H and O–H groups in total. The highest BCUT2D eigenvalue weighted by molar-refractivity contribution is 14.0. The Kier molecular flexibility index (Phi) is 9.70. The quantitative estimate of drug-likeness (QED) is 0.197. The lowest BCUT2D eigenvalue weighted by Crippen LogP contribution is -2.42. The number of likely N-dealkylation sites (N-methyl/N-ethyl adjacent to an activating group) is 1. The Hall–Kier alpha value is -2.20. The maximum Gasteiger partial charge on any atom is 0.191 e. The van der Waals surface area contributed by atoms with Gasteiger partial charge in [-0.05, 0) is 57.3 Å². The van der Waals surface area contributed by atoms with Gasteiger partial charge in [-0.3, -0.25) is 4.99 Å². The first-order valence-electron chi connectivity index (χ1n) is 10.3. The number of imidazole rings is 1. The average molecular weight is 538 g/mol. The maximum absolute atomic E-state index is 13.6. The maximum atomic E-state index is 13.6. The van der Waals surface area contributed by atoms with Gasteiger partial charge >= 0.3 is 0 Å². The summed E-state index contributed by atoms with van der Waals surface area (Å²) in [6, 6.07) is 15.0. The minimum Gasteiger partial charge on any atom is -0.356 e. The Balaban J connectivity index is 0.00000341. The average Bonchev–Trinajstić information content (AvgIpc) is 3.04. The fourth-order valence-corrected chi connectivity index (χ4v) is 3.65. The molecule has 0 spiro atoms. The van der Waals surface area contributed by atoms with Gasteiger partial charge in [0.25, 0.3) is 0 Å². The minimum atomic E-state index is -0.218. The van der Waals surface area contributed by atoms with Gasteiger partial charge in [0, 0.05) is 26.7 Å². The summed E-state index contributed by atoms with van der Waals surface area (Å²) in [7, 11) is 5.74. The number of nitrogens with zero attached hydrogens (tertiary/aromatic N) is 4. The van der Waals surface area contributed by atoms with E-state index in [4.69, 9.17) is 0 Å². The van der Waals surface area contributed by atoms with Crippen LogP contribution in [0.1, 0.15) is 23.9 Å². The number of aliphatic imine (C=N–C) groups is 1. The van der Waals surface area contributed by atoms with Crippen LogP contribution in [0.5, 0.6) is 0 Å². The van der Waals surface area contributed by atoms with Crippen molar-refractivity contribution < 1.29 is 4.39 Å². The number of halogens is 2. The zero-order valence-electron chi connectivity index (χ0n) is 18.6. The first-order chi connectivity index (χ1) is 14.5. The molecule has 0 saturated carbocycles. The number of benzene rings is 2. The van der Waals surface area contributed by atoms with Crippen LogP contribution in [0, 0.1) is 12.7 Å². The fourth-order valence-electron chi connectivity index (χ4n) is 3.65. The van der Waals surface area contributed by atoms with Gasteiger partial charge in [-0.25, -0.2) is 9.37 Å². The second-order valence-corrected chi connectivity index (χ2v) is 7.57. The standard InChI is InChI=1S/C23H31FN6.HI/c1-17-28-20-11-5-6-12-21(20)30(17)14-8-13-26-23(25-2)27-16-22(29(3)4)18-9-7-10-19(24)15-18;/h5-7,9-12,15,22H,8,13-14,16H2,1-4H3,(H2,25,26,27);1H. The second-order valence-electron chi connectivity index (χ2n) is 7.57. The van der Waals surface area contributed by atoms with E-state index < -0.39 is 0 Å². The molecule has 168 valence electrons. The summed E-state index contributed by atoms with van der Waals surface area (Å²) in [4.78, 5) is 11.0. The summed E-state index contributed by atoms with van der Waals surface area (Å²) in [5.74, 6) is 1.55. The van der Waals surface area contributed by atoms with Crippen LogP contribution in [-0.2, 0) is 6.54 Å². The van der Waals surface area contributed by atoms with Crippen molar-refractivity contribution in [2.24, 2.45) is 4.99 Å².